The average molecular weight is 510 g/mol. The fraction of sp³-hybridized carbons (Fsp3) is 0.296. The van der Waals surface area contributed by atoms with Gasteiger partial charge in [0.15, 0.2) is 5.82 Å². The average Bonchev–Trinajstić information content (AvgIpc) is 3.18. The Balaban J connectivity index is 1.84. The topological polar surface area (TPSA) is 94.5 Å². The lowest BCUT2D eigenvalue weighted by molar-refractivity contribution is 0.0929. The van der Waals surface area contributed by atoms with E-state index in [2.05, 4.69) is 10.3 Å². The van der Waals surface area contributed by atoms with Crippen molar-refractivity contribution in [1.82, 2.24) is 19.7 Å². The third-order valence-corrected chi connectivity index (χ3v) is 6.34. The molecule has 2 aromatic carbocycles. The Morgan fingerprint density at radius 3 is 2.56 bits per heavy atom. The number of aryl methyl sites for hydroxylation is 1. The van der Waals surface area contributed by atoms with Crippen molar-refractivity contribution >= 4 is 28.8 Å². The summed E-state index contributed by atoms with van der Waals surface area (Å²) in [7, 11) is 0. The maximum absolute atomic E-state index is 15.5. The predicted molar refractivity (Wildman–Crippen MR) is 139 cm³/mol. The van der Waals surface area contributed by atoms with Crippen molar-refractivity contribution in [3.63, 3.8) is 0 Å². The Bertz CT molecular complexity index is 1420. The Labute approximate surface area is 214 Å². The number of nitrogen functional groups attached to an aromatic ring is 1. The van der Waals surface area contributed by atoms with Crippen LogP contribution in [0.4, 0.5) is 10.2 Å². The molecule has 0 saturated carbocycles. The summed E-state index contributed by atoms with van der Waals surface area (Å²) in [6.45, 7) is 9.21. The van der Waals surface area contributed by atoms with Gasteiger partial charge in [0.1, 0.15) is 28.5 Å². The minimum atomic E-state index is -0.835. The molecule has 7 nitrogen and oxygen atoms in total. The second kappa shape index (κ2) is 10.1. The van der Waals surface area contributed by atoms with Crippen molar-refractivity contribution in [2.75, 3.05) is 5.73 Å². The maximum Gasteiger partial charge on any atom is 0.258 e. The van der Waals surface area contributed by atoms with E-state index in [-0.39, 0.29) is 28.5 Å². The van der Waals surface area contributed by atoms with E-state index in [0.29, 0.717) is 28.4 Å². The minimum Gasteiger partial charge on any atom is -0.490 e. The van der Waals surface area contributed by atoms with Crippen LogP contribution in [0, 0.1) is 12.7 Å². The number of anilines is 1. The molecule has 36 heavy (non-hydrogen) atoms. The van der Waals surface area contributed by atoms with E-state index in [1.807, 2.05) is 69.4 Å². The van der Waals surface area contributed by atoms with Gasteiger partial charge in [-0.05, 0) is 39.3 Å². The van der Waals surface area contributed by atoms with Crippen molar-refractivity contribution in [2.45, 2.75) is 52.7 Å². The summed E-state index contributed by atoms with van der Waals surface area (Å²) in [4.78, 5) is 22.3. The van der Waals surface area contributed by atoms with Gasteiger partial charge in [0.2, 0.25) is 0 Å². The molecule has 0 radical (unpaired) electrons. The fourth-order valence-corrected chi connectivity index (χ4v) is 4.54. The van der Waals surface area contributed by atoms with Crippen LogP contribution in [0.5, 0.6) is 5.75 Å². The number of fused-ring (bicyclic) bond motifs is 1. The SMILES string of the molecule is Cc1nc(C(C)c2cc(Cl)c(F)c(C(=O)NC(C)c3ccccc3)c2OC(C)C)n2ccnc(N)c12. The van der Waals surface area contributed by atoms with E-state index in [4.69, 9.17) is 27.1 Å². The number of ether oxygens (including phenoxy) is 1. The van der Waals surface area contributed by atoms with Crippen LogP contribution in [0.1, 0.15) is 72.7 Å². The standard InChI is InChI=1S/C27H29ClFN5O2/c1-14(2)36-24-19(15(3)26-32-17(5)23-25(30)31-11-12-34(23)26)13-20(28)22(29)21(24)27(35)33-16(4)18-9-7-6-8-10-18/h6-16H,1-5H3,(H2,30,31)(H,33,35). The van der Waals surface area contributed by atoms with Gasteiger partial charge in [-0.1, -0.05) is 48.9 Å². The lowest BCUT2D eigenvalue weighted by Gasteiger charge is -2.23. The highest BCUT2D eigenvalue weighted by Crippen LogP contribution is 2.40. The first-order valence-corrected chi connectivity index (χ1v) is 12.1. The molecular formula is C27H29ClFN5O2. The van der Waals surface area contributed by atoms with Gasteiger partial charge in [-0.3, -0.25) is 9.20 Å². The van der Waals surface area contributed by atoms with Crippen LogP contribution >= 0.6 is 11.6 Å². The van der Waals surface area contributed by atoms with Gasteiger partial charge in [0, 0.05) is 23.9 Å². The van der Waals surface area contributed by atoms with Crippen LogP contribution in [-0.2, 0) is 0 Å². The van der Waals surface area contributed by atoms with Crippen molar-refractivity contribution in [3.05, 3.63) is 87.8 Å². The quantitative estimate of drug-likeness (QED) is 0.326. The Morgan fingerprint density at radius 2 is 1.89 bits per heavy atom. The summed E-state index contributed by atoms with van der Waals surface area (Å²) in [5.74, 6) is -0.748. The maximum atomic E-state index is 15.5. The second-order valence-electron chi connectivity index (χ2n) is 9.05. The van der Waals surface area contributed by atoms with Crippen LogP contribution in [0.15, 0.2) is 48.8 Å². The number of hydrogen-bond acceptors (Lipinski definition) is 5. The molecule has 1 amide bonds. The molecule has 2 unspecified atom stereocenters. The molecule has 3 N–H and O–H groups in total. The molecule has 188 valence electrons. The van der Waals surface area contributed by atoms with Gasteiger partial charge < -0.3 is 15.8 Å². The highest BCUT2D eigenvalue weighted by Gasteiger charge is 2.30. The van der Waals surface area contributed by atoms with E-state index in [1.54, 1.807) is 12.4 Å². The van der Waals surface area contributed by atoms with E-state index < -0.39 is 17.6 Å². The first-order chi connectivity index (χ1) is 17.1. The Morgan fingerprint density at radius 1 is 1.19 bits per heavy atom. The molecule has 2 atom stereocenters. The first-order valence-electron chi connectivity index (χ1n) is 11.7. The third-order valence-electron chi connectivity index (χ3n) is 6.07. The summed E-state index contributed by atoms with van der Waals surface area (Å²) in [5.41, 5.74) is 8.67. The zero-order chi connectivity index (χ0) is 26.1. The number of carbonyl (C=O) groups excluding carboxylic acids is 1. The van der Waals surface area contributed by atoms with Gasteiger partial charge in [0.05, 0.1) is 22.9 Å². The number of amides is 1. The van der Waals surface area contributed by atoms with Crippen LogP contribution < -0.4 is 15.8 Å². The zero-order valence-electron chi connectivity index (χ0n) is 20.8. The van der Waals surface area contributed by atoms with Gasteiger partial charge in [0.25, 0.3) is 5.91 Å². The predicted octanol–water partition coefficient (Wildman–Crippen LogP) is 5.84. The molecule has 0 aliphatic heterocycles. The number of benzene rings is 2. The second-order valence-corrected chi connectivity index (χ2v) is 9.45. The molecule has 4 aromatic rings. The summed E-state index contributed by atoms with van der Waals surface area (Å²) in [6.07, 6.45) is 3.03. The first kappa shape index (κ1) is 25.4. The summed E-state index contributed by atoms with van der Waals surface area (Å²) >= 11 is 6.34. The number of hydrogen-bond donors (Lipinski definition) is 2. The number of nitrogens with two attached hydrogens (primary N) is 1. The molecule has 0 aliphatic carbocycles. The summed E-state index contributed by atoms with van der Waals surface area (Å²) < 4.78 is 23.4. The number of nitrogens with one attached hydrogen (secondary N) is 1. The number of nitrogens with zero attached hydrogens (tertiary/aromatic N) is 3. The third kappa shape index (κ3) is 4.73. The lowest BCUT2D eigenvalue weighted by Crippen LogP contribution is -2.29. The highest BCUT2D eigenvalue weighted by atomic mass is 35.5. The van der Waals surface area contributed by atoms with Gasteiger partial charge in [-0.15, -0.1) is 0 Å². The molecule has 9 heteroatoms. The smallest absolute Gasteiger partial charge is 0.258 e. The monoisotopic (exact) mass is 509 g/mol. The molecule has 0 spiro atoms. The van der Waals surface area contributed by atoms with E-state index in [1.165, 1.54) is 6.07 Å². The molecule has 2 heterocycles. The van der Waals surface area contributed by atoms with Crippen molar-refractivity contribution in [2.24, 2.45) is 0 Å². The van der Waals surface area contributed by atoms with E-state index in [9.17, 15) is 4.79 Å². The fourth-order valence-electron chi connectivity index (χ4n) is 4.32. The van der Waals surface area contributed by atoms with Crippen LogP contribution in [0.3, 0.4) is 0 Å². The van der Waals surface area contributed by atoms with E-state index >= 15 is 4.39 Å². The Hall–Kier alpha value is -3.65. The molecule has 0 aliphatic rings. The number of carbonyl (C=O) groups is 1. The zero-order valence-corrected chi connectivity index (χ0v) is 21.6. The largest absolute Gasteiger partial charge is 0.490 e. The minimum absolute atomic E-state index is 0.133. The Kier molecular flexibility index (Phi) is 7.17. The molecule has 0 bridgehead atoms. The van der Waals surface area contributed by atoms with Crippen LogP contribution in [-0.4, -0.2) is 26.4 Å². The van der Waals surface area contributed by atoms with Crippen molar-refractivity contribution in [1.29, 1.82) is 0 Å². The molecule has 0 saturated heterocycles. The summed E-state index contributed by atoms with van der Waals surface area (Å²) in [6, 6.07) is 10.6. The highest BCUT2D eigenvalue weighted by molar-refractivity contribution is 6.31. The van der Waals surface area contributed by atoms with Crippen LogP contribution in [0.2, 0.25) is 5.02 Å². The van der Waals surface area contributed by atoms with Crippen molar-refractivity contribution in [3.8, 4) is 5.75 Å². The molecule has 2 aromatic heterocycles. The number of imidazole rings is 1. The number of aromatic nitrogens is 3. The lowest BCUT2D eigenvalue weighted by atomic mass is 9.95. The summed E-state index contributed by atoms with van der Waals surface area (Å²) in [5, 5.41) is 2.70. The molecule has 4 rings (SSSR count). The number of halogens is 2. The normalized spacial score (nSPS) is 13.1. The van der Waals surface area contributed by atoms with Crippen LogP contribution in [0.25, 0.3) is 5.52 Å². The van der Waals surface area contributed by atoms with Gasteiger partial charge >= 0.3 is 0 Å². The van der Waals surface area contributed by atoms with Gasteiger partial charge in [-0.2, -0.15) is 0 Å². The van der Waals surface area contributed by atoms with E-state index in [0.717, 1.165) is 5.56 Å². The molecule has 0 fully saturated rings. The van der Waals surface area contributed by atoms with Gasteiger partial charge in [-0.25, -0.2) is 14.4 Å². The number of rotatable bonds is 7. The molecular weight excluding hydrogens is 481 g/mol. The van der Waals surface area contributed by atoms with Crippen molar-refractivity contribution < 1.29 is 13.9 Å².